The number of piperidine rings is 1. The fraction of sp³-hybridized carbons (Fsp3) is 0.688. The largest absolute Gasteiger partial charge is 0.354 e. The van der Waals surface area contributed by atoms with E-state index in [4.69, 9.17) is 0 Å². The van der Waals surface area contributed by atoms with Gasteiger partial charge in [-0.2, -0.15) is 0 Å². The van der Waals surface area contributed by atoms with E-state index in [1.54, 1.807) is 11.3 Å². The molecule has 0 bridgehead atoms. The molecule has 2 saturated heterocycles. The number of thiophene rings is 1. The molecule has 0 spiro atoms. The number of carbonyl (C=O) groups is 1. The predicted octanol–water partition coefficient (Wildman–Crippen LogP) is 2.28. The van der Waals surface area contributed by atoms with Crippen LogP contribution in [0.15, 0.2) is 17.5 Å². The summed E-state index contributed by atoms with van der Waals surface area (Å²) < 4.78 is 0. The van der Waals surface area contributed by atoms with Gasteiger partial charge < -0.3 is 10.6 Å². The van der Waals surface area contributed by atoms with Gasteiger partial charge in [-0.15, -0.1) is 23.7 Å². The van der Waals surface area contributed by atoms with Gasteiger partial charge in [0.1, 0.15) is 0 Å². The van der Waals surface area contributed by atoms with Crippen molar-refractivity contribution in [3.05, 3.63) is 22.4 Å². The van der Waals surface area contributed by atoms with Gasteiger partial charge in [0, 0.05) is 24.5 Å². The van der Waals surface area contributed by atoms with Gasteiger partial charge in [0.15, 0.2) is 0 Å². The van der Waals surface area contributed by atoms with E-state index < -0.39 is 0 Å². The van der Waals surface area contributed by atoms with Gasteiger partial charge in [-0.3, -0.25) is 9.69 Å². The Labute approximate surface area is 143 Å². The number of nitrogens with one attached hydrogen (secondary N) is 2. The number of hydrogen-bond donors (Lipinski definition) is 2. The van der Waals surface area contributed by atoms with Crippen molar-refractivity contribution in [2.45, 2.75) is 25.8 Å². The lowest BCUT2D eigenvalue weighted by Crippen LogP contribution is -2.52. The lowest BCUT2D eigenvalue weighted by molar-refractivity contribution is -0.126. The Morgan fingerprint density at radius 3 is 2.73 bits per heavy atom. The van der Waals surface area contributed by atoms with Crippen molar-refractivity contribution < 1.29 is 4.79 Å². The van der Waals surface area contributed by atoms with Crippen LogP contribution in [0, 0.1) is 11.8 Å². The van der Waals surface area contributed by atoms with Crippen molar-refractivity contribution in [1.29, 1.82) is 0 Å². The SMILES string of the molecule is CC1CCN(C(CNC(=O)C2CNC2)c2cccs2)CC1.Cl. The van der Waals surface area contributed by atoms with E-state index in [0.29, 0.717) is 6.04 Å². The number of nitrogens with zero attached hydrogens (tertiary/aromatic N) is 1. The van der Waals surface area contributed by atoms with Crippen LogP contribution < -0.4 is 10.6 Å². The third-order valence-corrected chi connectivity index (χ3v) is 5.73. The highest BCUT2D eigenvalue weighted by molar-refractivity contribution is 7.10. The van der Waals surface area contributed by atoms with Crippen LogP contribution >= 0.6 is 23.7 Å². The molecular formula is C16H26ClN3OS. The van der Waals surface area contributed by atoms with Crippen LogP contribution in [0.1, 0.15) is 30.7 Å². The summed E-state index contributed by atoms with van der Waals surface area (Å²) in [6.45, 7) is 7.02. The monoisotopic (exact) mass is 343 g/mol. The molecule has 1 amide bonds. The van der Waals surface area contributed by atoms with Crippen LogP contribution in [0.4, 0.5) is 0 Å². The van der Waals surface area contributed by atoms with E-state index in [9.17, 15) is 4.79 Å². The minimum atomic E-state index is 0. The second-order valence-electron chi connectivity index (χ2n) is 6.35. The molecule has 1 atom stereocenters. The Morgan fingerprint density at radius 1 is 1.45 bits per heavy atom. The van der Waals surface area contributed by atoms with E-state index in [-0.39, 0.29) is 24.2 Å². The van der Waals surface area contributed by atoms with Gasteiger partial charge in [0.2, 0.25) is 5.91 Å². The molecule has 1 unspecified atom stereocenters. The van der Waals surface area contributed by atoms with E-state index >= 15 is 0 Å². The number of likely N-dealkylation sites (tertiary alicyclic amines) is 1. The Balaban J connectivity index is 0.00000176. The van der Waals surface area contributed by atoms with Gasteiger partial charge in [0.05, 0.1) is 12.0 Å². The third kappa shape index (κ3) is 4.22. The molecule has 3 rings (SSSR count). The number of amides is 1. The van der Waals surface area contributed by atoms with Gasteiger partial charge in [-0.1, -0.05) is 13.0 Å². The molecule has 6 heteroatoms. The molecule has 22 heavy (non-hydrogen) atoms. The highest BCUT2D eigenvalue weighted by atomic mass is 35.5. The first kappa shape index (κ1) is 17.7. The normalized spacial score (nSPS) is 21.7. The van der Waals surface area contributed by atoms with Gasteiger partial charge in [0.25, 0.3) is 0 Å². The number of halogens is 1. The van der Waals surface area contributed by atoms with Crippen LogP contribution in [-0.4, -0.2) is 43.5 Å². The van der Waals surface area contributed by atoms with E-state index in [2.05, 4.69) is 40.0 Å². The molecule has 4 nitrogen and oxygen atoms in total. The Bertz CT molecular complexity index is 456. The molecule has 2 fully saturated rings. The minimum Gasteiger partial charge on any atom is -0.354 e. The van der Waals surface area contributed by atoms with Crippen LogP contribution in [0.25, 0.3) is 0 Å². The molecule has 0 aliphatic carbocycles. The maximum atomic E-state index is 12.1. The Kier molecular flexibility index (Phi) is 6.68. The summed E-state index contributed by atoms with van der Waals surface area (Å²) in [7, 11) is 0. The van der Waals surface area contributed by atoms with Gasteiger partial charge >= 0.3 is 0 Å². The number of rotatable bonds is 5. The van der Waals surface area contributed by atoms with E-state index in [1.807, 2.05) is 0 Å². The topological polar surface area (TPSA) is 44.4 Å². The van der Waals surface area contributed by atoms with Crippen LogP contribution in [0.5, 0.6) is 0 Å². The summed E-state index contributed by atoms with van der Waals surface area (Å²) >= 11 is 1.80. The minimum absolute atomic E-state index is 0. The average Bonchev–Trinajstić information content (AvgIpc) is 2.93. The lowest BCUT2D eigenvalue weighted by atomic mass is 9.97. The van der Waals surface area contributed by atoms with E-state index in [1.165, 1.54) is 17.7 Å². The van der Waals surface area contributed by atoms with Crippen molar-refractivity contribution in [2.24, 2.45) is 11.8 Å². The maximum absolute atomic E-state index is 12.1. The molecule has 2 aliphatic heterocycles. The molecule has 2 N–H and O–H groups in total. The standard InChI is InChI=1S/C16H25N3OS.ClH/c1-12-4-6-19(7-5-12)14(15-3-2-8-21-15)11-18-16(20)13-9-17-10-13;/h2-3,8,12-14,17H,4-7,9-11H2,1H3,(H,18,20);1H. The average molecular weight is 344 g/mol. The van der Waals surface area contributed by atoms with Crippen molar-refractivity contribution >= 4 is 29.7 Å². The molecule has 124 valence electrons. The first-order chi connectivity index (χ1) is 10.2. The second-order valence-corrected chi connectivity index (χ2v) is 7.33. The van der Waals surface area contributed by atoms with Crippen molar-refractivity contribution in [1.82, 2.24) is 15.5 Å². The molecule has 3 heterocycles. The summed E-state index contributed by atoms with van der Waals surface area (Å²) in [5, 5.41) is 8.46. The van der Waals surface area contributed by atoms with Crippen LogP contribution in [0.2, 0.25) is 0 Å². The maximum Gasteiger partial charge on any atom is 0.225 e. The fourth-order valence-electron chi connectivity index (χ4n) is 3.05. The first-order valence-electron chi connectivity index (χ1n) is 8.00. The molecule has 0 saturated carbocycles. The zero-order valence-electron chi connectivity index (χ0n) is 13.1. The summed E-state index contributed by atoms with van der Waals surface area (Å²) in [6.07, 6.45) is 2.53. The quantitative estimate of drug-likeness (QED) is 0.862. The smallest absolute Gasteiger partial charge is 0.225 e. The van der Waals surface area contributed by atoms with Gasteiger partial charge in [-0.25, -0.2) is 0 Å². The summed E-state index contributed by atoms with van der Waals surface area (Å²) in [4.78, 5) is 16.0. The predicted molar refractivity (Wildman–Crippen MR) is 93.6 cm³/mol. The molecule has 1 aromatic heterocycles. The number of carbonyl (C=O) groups excluding carboxylic acids is 1. The van der Waals surface area contributed by atoms with Crippen molar-refractivity contribution in [3.63, 3.8) is 0 Å². The molecule has 0 aromatic carbocycles. The van der Waals surface area contributed by atoms with Crippen LogP contribution in [0.3, 0.4) is 0 Å². The fourth-order valence-corrected chi connectivity index (χ4v) is 3.91. The molecular weight excluding hydrogens is 318 g/mol. The van der Waals surface area contributed by atoms with Crippen molar-refractivity contribution in [3.8, 4) is 0 Å². The Morgan fingerprint density at radius 2 is 2.18 bits per heavy atom. The third-order valence-electron chi connectivity index (χ3n) is 4.75. The highest BCUT2D eigenvalue weighted by Crippen LogP contribution is 2.29. The zero-order chi connectivity index (χ0) is 14.7. The summed E-state index contributed by atoms with van der Waals surface area (Å²) in [5.74, 6) is 1.22. The number of hydrogen-bond acceptors (Lipinski definition) is 4. The second kappa shape index (κ2) is 8.29. The molecule has 0 radical (unpaired) electrons. The summed E-state index contributed by atoms with van der Waals surface area (Å²) in [6, 6.07) is 4.65. The van der Waals surface area contributed by atoms with Crippen LogP contribution in [-0.2, 0) is 4.79 Å². The first-order valence-corrected chi connectivity index (χ1v) is 8.88. The zero-order valence-corrected chi connectivity index (χ0v) is 14.7. The van der Waals surface area contributed by atoms with Crippen molar-refractivity contribution in [2.75, 3.05) is 32.7 Å². The van der Waals surface area contributed by atoms with E-state index in [0.717, 1.165) is 38.6 Å². The van der Waals surface area contributed by atoms with Gasteiger partial charge in [-0.05, 0) is 43.3 Å². The molecule has 1 aromatic rings. The highest BCUT2D eigenvalue weighted by Gasteiger charge is 2.28. The molecule has 2 aliphatic rings. The Hall–Kier alpha value is -0.620. The summed E-state index contributed by atoms with van der Waals surface area (Å²) in [5.41, 5.74) is 0. The lowest BCUT2D eigenvalue weighted by Gasteiger charge is -2.37.